The fraction of sp³-hybridized carbons (Fsp3) is 0. The van der Waals surface area contributed by atoms with Crippen LogP contribution in [0, 0.1) is 0 Å². The van der Waals surface area contributed by atoms with Gasteiger partial charge in [-0.25, -0.2) is 9.59 Å². The smallest absolute Gasteiger partial charge is 1.00 e. The van der Waals surface area contributed by atoms with Gasteiger partial charge in [-0.1, -0.05) is 0 Å². The molecule has 0 amide bonds. The molecule has 0 aliphatic heterocycles. The Balaban J connectivity index is -0.000000107. The van der Waals surface area contributed by atoms with Gasteiger partial charge in [0.1, 0.15) is 4.90 Å². The van der Waals surface area contributed by atoms with Crippen LogP contribution in [0.25, 0.3) is 0 Å². The van der Waals surface area contributed by atoms with E-state index in [1.807, 2.05) is 0 Å². The fourth-order valence-electron chi connectivity index (χ4n) is 1.05. The van der Waals surface area contributed by atoms with E-state index in [1.54, 1.807) is 0 Å². The molecular weight excluding hydrogens is 309 g/mol. The molecule has 11 heteroatoms. The van der Waals surface area contributed by atoms with Crippen molar-refractivity contribution in [2.75, 3.05) is 0 Å². The average molecular weight is 318 g/mol. The zero-order valence-electron chi connectivity index (χ0n) is 13.6. The molecule has 0 bridgehead atoms. The van der Waals surface area contributed by atoms with E-state index in [1.165, 1.54) is 0 Å². The molecule has 0 spiro atoms. The van der Waals surface area contributed by atoms with E-state index in [9.17, 15) is 18.0 Å². The Morgan fingerprint density at radius 3 is 1.79 bits per heavy atom. The van der Waals surface area contributed by atoms with E-state index >= 15 is 0 Å². The van der Waals surface area contributed by atoms with Crippen LogP contribution in [-0.2, 0) is 10.1 Å². The Labute approximate surface area is 179 Å². The van der Waals surface area contributed by atoms with Crippen molar-refractivity contribution < 1.29 is 126 Å². The fourth-order valence-corrected chi connectivity index (χ4v) is 1.75. The maximum atomic E-state index is 10.8. The Bertz CT molecular complexity index is 582. The SMILES string of the molecule is O=C(O)c1ccc(C(=O)O)c(S(=O)(=O)O)c1.[H-].[H-].[H-].[Na+].[Na+].[Na+]. The van der Waals surface area contributed by atoms with E-state index < -0.39 is 38.1 Å². The number of aromatic carboxylic acids is 2. The summed E-state index contributed by atoms with van der Waals surface area (Å²) in [5, 5.41) is 17.2. The van der Waals surface area contributed by atoms with Crippen molar-refractivity contribution in [1.82, 2.24) is 0 Å². The van der Waals surface area contributed by atoms with Crippen LogP contribution in [0.3, 0.4) is 0 Å². The summed E-state index contributed by atoms with van der Waals surface area (Å²) in [5.41, 5.74) is -1.12. The number of carboxylic acids is 2. The minimum Gasteiger partial charge on any atom is -1.00 e. The van der Waals surface area contributed by atoms with Gasteiger partial charge in [0.05, 0.1) is 11.1 Å². The predicted molar refractivity (Wildman–Crippen MR) is 53.5 cm³/mol. The number of hydrogen-bond donors (Lipinski definition) is 3. The van der Waals surface area contributed by atoms with Crippen molar-refractivity contribution in [3.63, 3.8) is 0 Å². The molecule has 19 heavy (non-hydrogen) atoms. The third-order valence-corrected chi connectivity index (χ3v) is 2.63. The molecule has 0 fully saturated rings. The van der Waals surface area contributed by atoms with Crippen LogP contribution >= 0.6 is 0 Å². The summed E-state index contributed by atoms with van der Waals surface area (Å²) < 4.78 is 30.4. The molecular formula is C8H9Na3O7S. The average Bonchev–Trinajstić information content (AvgIpc) is 2.15. The van der Waals surface area contributed by atoms with Gasteiger partial charge in [-0.05, 0) is 18.2 Å². The molecule has 3 N–H and O–H groups in total. The monoisotopic (exact) mass is 318 g/mol. The second-order valence-corrected chi connectivity index (χ2v) is 4.19. The summed E-state index contributed by atoms with van der Waals surface area (Å²) in [6.07, 6.45) is 0. The van der Waals surface area contributed by atoms with E-state index in [2.05, 4.69) is 0 Å². The van der Waals surface area contributed by atoms with Gasteiger partial charge in [0.2, 0.25) is 0 Å². The summed E-state index contributed by atoms with van der Waals surface area (Å²) in [7, 11) is -4.78. The third kappa shape index (κ3) is 7.05. The van der Waals surface area contributed by atoms with Crippen molar-refractivity contribution in [2.45, 2.75) is 4.90 Å². The van der Waals surface area contributed by atoms with Crippen LogP contribution in [0.2, 0.25) is 0 Å². The van der Waals surface area contributed by atoms with Crippen LogP contribution in [0.5, 0.6) is 0 Å². The molecule has 0 saturated heterocycles. The van der Waals surface area contributed by atoms with Crippen molar-refractivity contribution in [3.05, 3.63) is 29.3 Å². The molecule has 0 aliphatic rings. The molecule has 1 rings (SSSR count). The molecule has 92 valence electrons. The van der Waals surface area contributed by atoms with Crippen LogP contribution in [0.15, 0.2) is 23.1 Å². The van der Waals surface area contributed by atoms with Crippen molar-refractivity contribution >= 4 is 22.1 Å². The van der Waals surface area contributed by atoms with Gasteiger partial charge in [0, 0.05) is 0 Å². The molecule has 0 aromatic heterocycles. The molecule has 0 radical (unpaired) electrons. The standard InChI is InChI=1S/C8H6O7S.3Na.3H/c9-7(10)4-1-2-5(8(11)12)6(3-4)16(13,14)15;;;;;;/h1-3H,(H,9,10)(H,11,12)(H,13,14,15);;;;;;/q;3*+1;3*-1. The van der Waals surface area contributed by atoms with Crippen LogP contribution in [-0.4, -0.2) is 35.1 Å². The Kier molecular flexibility index (Phi) is 13.1. The van der Waals surface area contributed by atoms with Gasteiger partial charge in [0.25, 0.3) is 10.1 Å². The van der Waals surface area contributed by atoms with Crippen LogP contribution in [0.1, 0.15) is 25.0 Å². The van der Waals surface area contributed by atoms with Gasteiger partial charge >= 0.3 is 101 Å². The molecule has 0 atom stereocenters. The Morgan fingerprint density at radius 2 is 1.47 bits per heavy atom. The van der Waals surface area contributed by atoms with Crippen molar-refractivity contribution in [2.24, 2.45) is 0 Å². The van der Waals surface area contributed by atoms with E-state index in [0.29, 0.717) is 6.07 Å². The maximum absolute atomic E-state index is 10.8. The quantitative estimate of drug-likeness (QED) is 0.373. The third-order valence-electron chi connectivity index (χ3n) is 1.74. The van der Waals surface area contributed by atoms with Gasteiger partial charge in [-0.2, -0.15) is 8.42 Å². The number of benzene rings is 1. The number of rotatable bonds is 3. The van der Waals surface area contributed by atoms with Gasteiger partial charge in [-0.15, -0.1) is 0 Å². The zero-order valence-corrected chi connectivity index (χ0v) is 17.4. The molecule has 0 aliphatic carbocycles. The number of carbonyl (C=O) groups is 2. The first kappa shape index (κ1) is 25.0. The largest absolute Gasteiger partial charge is 1.00 e. The second-order valence-electron chi connectivity index (χ2n) is 2.80. The van der Waals surface area contributed by atoms with E-state index in [4.69, 9.17) is 14.8 Å². The normalized spacial score (nSPS) is 9.32. The van der Waals surface area contributed by atoms with Gasteiger partial charge in [0.15, 0.2) is 0 Å². The van der Waals surface area contributed by atoms with E-state index in [-0.39, 0.29) is 93.0 Å². The topological polar surface area (TPSA) is 129 Å². The van der Waals surface area contributed by atoms with Gasteiger partial charge < -0.3 is 14.5 Å². The summed E-state index contributed by atoms with van der Waals surface area (Å²) in [6.45, 7) is 0. The van der Waals surface area contributed by atoms with Crippen LogP contribution < -0.4 is 88.7 Å². The maximum Gasteiger partial charge on any atom is 1.00 e. The molecule has 1 aromatic rings. The van der Waals surface area contributed by atoms with Gasteiger partial charge in [-0.3, -0.25) is 4.55 Å². The summed E-state index contributed by atoms with van der Waals surface area (Å²) in [4.78, 5) is 20.2. The van der Waals surface area contributed by atoms with Crippen LogP contribution in [0.4, 0.5) is 0 Å². The summed E-state index contributed by atoms with van der Waals surface area (Å²) >= 11 is 0. The Hall–Kier alpha value is 1.07. The van der Waals surface area contributed by atoms with E-state index in [0.717, 1.165) is 12.1 Å². The molecule has 7 nitrogen and oxygen atoms in total. The first-order valence-corrected chi connectivity index (χ1v) is 5.25. The summed E-state index contributed by atoms with van der Waals surface area (Å²) in [5.74, 6) is -3.01. The zero-order chi connectivity index (χ0) is 12.5. The molecule has 0 unspecified atom stereocenters. The minimum absolute atomic E-state index is 0. The Morgan fingerprint density at radius 1 is 1.00 bits per heavy atom. The number of hydrogen-bond acceptors (Lipinski definition) is 4. The number of carboxylic acid groups (broad SMARTS) is 2. The first-order valence-electron chi connectivity index (χ1n) is 3.81. The molecule has 1 aromatic carbocycles. The summed E-state index contributed by atoms with van der Waals surface area (Å²) in [6, 6.07) is 2.32. The minimum atomic E-state index is -4.78. The van der Waals surface area contributed by atoms with Crippen molar-refractivity contribution in [3.8, 4) is 0 Å². The second kappa shape index (κ2) is 9.91. The predicted octanol–water partition coefficient (Wildman–Crippen LogP) is -8.32. The first-order chi connectivity index (χ1) is 7.23. The molecule has 0 saturated carbocycles. The molecule has 0 heterocycles. The van der Waals surface area contributed by atoms with Crippen molar-refractivity contribution in [1.29, 1.82) is 0 Å².